The first-order valence-electron chi connectivity index (χ1n) is 9.04. The third-order valence-electron chi connectivity index (χ3n) is 5.75. The van der Waals surface area contributed by atoms with Crippen molar-refractivity contribution in [3.05, 3.63) is 39.6 Å². The van der Waals surface area contributed by atoms with Crippen molar-refractivity contribution in [3.63, 3.8) is 0 Å². The summed E-state index contributed by atoms with van der Waals surface area (Å²) in [5.74, 6) is -0.423. The van der Waals surface area contributed by atoms with Gasteiger partial charge in [-0.3, -0.25) is 0 Å². The molecule has 3 aliphatic rings. The van der Waals surface area contributed by atoms with Gasteiger partial charge in [0.2, 0.25) is 0 Å². The van der Waals surface area contributed by atoms with Gasteiger partial charge >= 0.3 is 5.97 Å². The Morgan fingerprint density at radius 1 is 1.30 bits per heavy atom. The average Bonchev–Trinajstić information content (AvgIpc) is 3.03. The standard InChI is InChI=1S/C19H17Cl2FN2O3/c20-11-2-1-3-12(21)14(11)16-15(17(27-24-16)19(22)4-5-19)18(25)26-13-7-10-6-9(13)8-23-10/h1-3,9-10,13,23H,4-8H2/t9-,10-,13+/m0/s1. The number of nitrogens with zero attached hydrogens (tertiary/aromatic N) is 1. The van der Waals surface area contributed by atoms with Crippen LogP contribution in [0.2, 0.25) is 10.0 Å². The van der Waals surface area contributed by atoms with Crippen molar-refractivity contribution in [1.82, 2.24) is 10.5 Å². The van der Waals surface area contributed by atoms with Gasteiger partial charge in [0.1, 0.15) is 17.4 Å². The number of ether oxygens (including phenoxy) is 1. The van der Waals surface area contributed by atoms with E-state index in [0.717, 1.165) is 19.4 Å². The number of esters is 1. The van der Waals surface area contributed by atoms with Crippen molar-refractivity contribution in [3.8, 4) is 11.3 Å². The van der Waals surface area contributed by atoms with Crippen LogP contribution < -0.4 is 5.32 Å². The number of carbonyl (C=O) groups excluding carboxylic acids is 1. The zero-order chi connectivity index (χ0) is 18.8. The molecule has 142 valence electrons. The molecule has 1 saturated heterocycles. The minimum Gasteiger partial charge on any atom is -0.458 e. The van der Waals surface area contributed by atoms with Crippen LogP contribution in [-0.2, 0) is 10.4 Å². The lowest BCUT2D eigenvalue weighted by molar-refractivity contribution is 0.0173. The number of hydrogen-bond acceptors (Lipinski definition) is 5. The normalized spacial score (nSPS) is 27.7. The SMILES string of the molecule is O=C(O[C@@H]1C[C@@H]2C[C@H]1CN2)c1c(-c2c(Cl)cccc2Cl)noc1C1(F)CC1. The molecule has 3 atom stereocenters. The molecule has 2 aromatic rings. The molecule has 1 N–H and O–H groups in total. The van der Waals surface area contributed by atoms with Crippen LogP contribution in [-0.4, -0.2) is 29.8 Å². The highest BCUT2D eigenvalue weighted by atomic mass is 35.5. The molecule has 5 nitrogen and oxygen atoms in total. The van der Waals surface area contributed by atoms with Crippen molar-refractivity contribution >= 4 is 29.2 Å². The number of nitrogens with one attached hydrogen (secondary N) is 1. The van der Waals surface area contributed by atoms with E-state index in [9.17, 15) is 9.18 Å². The summed E-state index contributed by atoms with van der Waals surface area (Å²) in [4.78, 5) is 13.1. The van der Waals surface area contributed by atoms with E-state index in [-0.39, 0.29) is 41.9 Å². The molecule has 2 aliphatic carbocycles. The largest absolute Gasteiger partial charge is 0.458 e. The maximum atomic E-state index is 14.8. The molecule has 0 unspecified atom stereocenters. The Morgan fingerprint density at radius 3 is 2.63 bits per heavy atom. The summed E-state index contributed by atoms with van der Waals surface area (Å²) in [6.45, 7) is 0.829. The lowest BCUT2D eigenvalue weighted by Crippen LogP contribution is -2.35. The highest BCUT2D eigenvalue weighted by Crippen LogP contribution is 2.53. The van der Waals surface area contributed by atoms with Gasteiger partial charge in [-0.1, -0.05) is 34.4 Å². The van der Waals surface area contributed by atoms with Crippen LogP contribution in [0.25, 0.3) is 11.3 Å². The number of alkyl halides is 1. The second-order valence-corrected chi connectivity index (χ2v) is 8.39. The van der Waals surface area contributed by atoms with E-state index in [1.165, 1.54) is 0 Å². The molecule has 2 saturated carbocycles. The zero-order valence-corrected chi connectivity index (χ0v) is 15.8. The Bertz CT molecular complexity index is 907. The quantitative estimate of drug-likeness (QED) is 0.750. The highest BCUT2D eigenvalue weighted by molar-refractivity contribution is 6.39. The van der Waals surface area contributed by atoms with Crippen molar-refractivity contribution in [2.75, 3.05) is 6.54 Å². The summed E-state index contributed by atoms with van der Waals surface area (Å²) in [6.07, 6.45) is 2.15. The Kier molecular flexibility index (Phi) is 4.00. The molecule has 0 spiro atoms. The van der Waals surface area contributed by atoms with E-state index in [4.69, 9.17) is 32.5 Å². The average molecular weight is 411 g/mol. The van der Waals surface area contributed by atoms with Crippen LogP contribution in [0.4, 0.5) is 4.39 Å². The second-order valence-electron chi connectivity index (χ2n) is 7.58. The predicted octanol–water partition coefficient (Wildman–Crippen LogP) is 4.51. The number of hydrogen-bond donors (Lipinski definition) is 1. The minimum atomic E-state index is -1.68. The van der Waals surface area contributed by atoms with Crippen molar-refractivity contribution in [2.24, 2.45) is 5.92 Å². The van der Waals surface area contributed by atoms with Crippen LogP contribution in [0.3, 0.4) is 0 Å². The summed E-state index contributed by atoms with van der Waals surface area (Å²) in [5, 5.41) is 7.95. The van der Waals surface area contributed by atoms with Crippen molar-refractivity contribution < 1.29 is 18.4 Å². The van der Waals surface area contributed by atoms with Crippen molar-refractivity contribution in [2.45, 2.75) is 43.5 Å². The molecule has 8 heteroatoms. The van der Waals surface area contributed by atoms with E-state index in [0.29, 0.717) is 21.7 Å². The van der Waals surface area contributed by atoms with E-state index < -0.39 is 11.6 Å². The van der Waals surface area contributed by atoms with Gasteiger partial charge in [-0.15, -0.1) is 0 Å². The molecule has 0 amide bonds. The third kappa shape index (κ3) is 2.85. The molecule has 1 aromatic carbocycles. The number of benzene rings is 1. The molecule has 1 aromatic heterocycles. The Hall–Kier alpha value is -1.63. The van der Waals surface area contributed by atoms with Gasteiger partial charge in [-0.05, 0) is 31.4 Å². The molecular formula is C19H17Cl2FN2O3. The van der Waals surface area contributed by atoms with E-state index in [1.807, 2.05) is 0 Å². The number of carbonyl (C=O) groups is 1. The number of fused-ring (bicyclic) bond motifs is 2. The Balaban J connectivity index is 1.55. The minimum absolute atomic E-state index is 0.000678. The molecule has 0 radical (unpaired) electrons. The molecule has 27 heavy (non-hydrogen) atoms. The number of rotatable bonds is 4. The van der Waals surface area contributed by atoms with E-state index in [2.05, 4.69) is 10.5 Å². The fourth-order valence-corrected chi connectivity index (χ4v) is 4.72. The number of piperidine rings is 1. The molecule has 1 aliphatic heterocycles. The van der Waals surface area contributed by atoms with Crippen LogP contribution in [0.15, 0.2) is 22.7 Å². The zero-order valence-electron chi connectivity index (χ0n) is 14.3. The Morgan fingerprint density at radius 2 is 2.04 bits per heavy atom. The van der Waals surface area contributed by atoms with Crippen LogP contribution in [0.1, 0.15) is 41.8 Å². The van der Waals surface area contributed by atoms with E-state index >= 15 is 0 Å². The first-order chi connectivity index (χ1) is 13.0. The molecule has 2 bridgehead atoms. The van der Waals surface area contributed by atoms with Crippen LogP contribution in [0.5, 0.6) is 0 Å². The predicted molar refractivity (Wildman–Crippen MR) is 97.7 cm³/mol. The maximum Gasteiger partial charge on any atom is 0.344 e. The monoisotopic (exact) mass is 410 g/mol. The summed E-state index contributed by atoms with van der Waals surface area (Å²) in [7, 11) is 0. The van der Waals surface area contributed by atoms with Gasteiger partial charge in [-0.25, -0.2) is 9.18 Å². The molecule has 3 fully saturated rings. The fraction of sp³-hybridized carbons (Fsp3) is 0.474. The first-order valence-corrected chi connectivity index (χ1v) is 9.80. The van der Waals surface area contributed by atoms with Crippen LogP contribution in [0, 0.1) is 5.92 Å². The van der Waals surface area contributed by atoms with Gasteiger partial charge in [0.15, 0.2) is 11.4 Å². The molecule has 5 rings (SSSR count). The lowest BCUT2D eigenvalue weighted by Gasteiger charge is -2.22. The molecular weight excluding hydrogens is 394 g/mol. The summed E-state index contributed by atoms with van der Waals surface area (Å²) in [5.41, 5.74) is -1.19. The molecule has 2 heterocycles. The maximum absolute atomic E-state index is 14.8. The van der Waals surface area contributed by atoms with Gasteiger partial charge in [-0.2, -0.15) is 0 Å². The fourth-order valence-electron chi connectivity index (χ4n) is 4.14. The summed E-state index contributed by atoms with van der Waals surface area (Å²) >= 11 is 12.6. The van der Waals surface area contributed by atoms with Gasteiger partial charge in [0.25, 0.3) is 0 Å². The second kappa shape index (κ2) is 6.19. The van der Waals surface area contributed by atoms with E-state index in [1.54, 1.807) is 18.2 Å². The van der Waals surface area contributed by atoms with Crippen LogP contribution >= 0.6 is 23.2 Å². The first kappa shape index (κ1) is 17.5. The topological polar surface area (TPSA) is 64.4 Å². The third-order valence-corrected chi connectivity index (χ3v) is 6.38. The summed E-state index contributed by atoms with van der Waals surface area (Å²) < 4.78 is 25.9. The number of halogens is 3. The lowest BCUT2D eigenvalue weighted by atomic mass is 10.0. The number of aromatic nitrogens is 1. The van der Waals surface area contributed by atoms with Gasteiger partial charge < -0.3 is 14.6 Å². The van der Waals surface area contributed by atoms with Crippen molar-refractivity contribution in [1.29, 1.82) is 0 Å². The van der Waals surface area contributed by atoms with Gasteiger partial charge in [0, 0.05) is 30.5 Å². The Labute approximate surface area is 165 Å². The highest BCUT2D eigenvalue weighted by Gasteiger charge is 2.53. The summed E-state index contributed by atoms with van der Waals surface area (Å²) in [6, 6.07) is 5.34. The van der Waals surface area contributed by atoms with Gasteiger partial charge in [0.05, 0.1) is 10.0 Å². The smallest absolute Gasteiger partial charge is 0.344 e.